The molecule has 3 amide bonds. The number of carbonyl (C=O) groups excluding carboxylic acids is 3. The number of carbonyl (C=O) groups is 3. The van der Waals surface area contributed by atoms with Gasteiger partial charge in [-0.05, 0) is 18.8 Å². The quantitative estimate of drug-likeness (QED) is 0.482. The predicted octanol–water partition coefficient (Wildman–Crippen LogP) is 0.881. The summed E-state index contributed by atoms with van der Waals surface area (Å²) in [6.07, 6.45) is 6.45. The number of imide groups is 1. The van der Waals surface area contributed by atoms with Crippen molar-refractivity contribution < 1.29 is 23.9 Å². The van der Waals surface area contributed by atoms with Crippen molar-refractivity contribution in [2.24, 2.45) is 5.92 Å². The topological polar surface area (TPSA) is 111 Å². The number of nitrogens with one attached hydrogen (secondary N) is 2. The van der Waals surface area contributed by atoms with Crippen molar-refractivity contribution in [3.8, 4) is 0 Å². The van der Waals surface area contributed by atoms with Crippen LogP contribution in [0.2, 0.25) is 0 Å². The summed E-state index contributed by atoms with van der Waals surface area (Å²) in [7, 11) is 0. The summed E-state index contributed by atoms with van der Waals surface area (Å²) in [5.41, 5.74) is 0.149. The molecular formula is C16H21N3O5. The molecule has 1 heterocycles. The van der Waals surface area contributed by atoms with Gasteiger partial charge in [-0.25, -0.2) is 9.59 Å². The molecular weight excluding hydrogens is 314 g/mol. The molecule has 1 fully saturated rings. The lowest BCUT2D eigenvalue weighted by molar-refractivity contribution is -0.605. The maximum Gasteiger partial charge on any atom is 0.339 e. The average molecular weight is 335 g/mol. The minimum Gasteiger partial charge on any atom is -0.619 e. The number of aromatic nitrogens is 1. The average Bonchev–Trinajstić information content (AvgIpc) is 2.55. The fraction of sp³-hybridized carbons (Fsp3) is 0.500. The summed E-state index contributed by atoms with van der Waals surface area (Å²) in [6, 6.07) is 2.04. The summed E-state index contributed by atoms with van der Waals surface area (Å²) in [4.78, 5) is 35.2. The van der Waals surface area contributed by atoms with E-state index in [1.54, 1.807) is 0 Å². The van der Waals surface area contributed by atoms with Gasteiger partial charge in [0.15, 0.2) is 19.0 Å². The molecule has 1 aromatic rings. The largest absolute Gasteiger partial charge is 0.619 e. The maximum atomic E-state index is 11.8. The molecule has 1 aliphatic rings. The first-order valence-electron chi connectivity index (χ1n) is 7.92. The molecule has 24 heavy (non-hydrogen) atoms. The SMILES string of the molecule is C[C@@H]1CCCC[C@H]1NC(=O)NC(=O)COC(=O)c1cc[n+]([O-])cc1. The molecule has 0 bridgehead atoms. The third-order valence-electron chi connectivity index (χ3n) is 4.05. The van der Waals surface area contributed by atoms with Gasteiger partial charge in [-0.3, -0.25) is 10.1 Å². The van der Waals surface area contributed by atoms with Crippen LogP contribution in [0.25, 0.3) is 0 Å². The van der Waals surface area contributed by atoms with E-state index in [4.69, 9.17) is 4.74 Å². The highest BCUT2D eigenvalue weighted by molar-refractivity contribution is 5.97. The number of rotatable bonds is 4. The lowest BCUT2D eigenvalue weighted by Crippen LogP contribution is -2.48. The van der Waals surface area contributed by atoms with Gasteiger partial charge in [0.05, 0.1) is 5.56 Å². The smallest absolute Gasteiger partial charge is 0.339 e. The standard InChI is InChI=1S/C16H21N3O5/c1-11-4-2-3-5-13(11)17-16(22)18-14(20)10-24-15(21)12-6-8-19(23)9-7-12/h6-9,11,13H,2-5,10H2,1H3,(H2,17,18,20,22)/t11-,13-/m1/s1. The van der Waals surface area contributed by atoms with Crippen LogP contribution in [0.4, 0.5) is 4.79 Å². The second-order valence-corrected chi connectivity index (χ2v) is 5.91. The van der Waals surface area contributed by atoms with E-state index in [1.165, 1.54) is 12.1 Å². The molecule has 130 valence electrons. The highest BCUT2D eigenvalue weighted by Gasteiger charge is 2.23. The monoisotopic (exact) mass is 335 g/mol. The van der Waals surface area contributed by atoms with Crippen molar-refractivity contribution in [3.05, 3.63) is 35.3 Å². The third-order valence-corrected chi connectivity index (χ3v) is 4.05. The molecule has 0 unspecified atom stereocenters. The van der Waals surface area contributed by atoms with Crippen LogP contribution in [0.5, 0.6) is 0 Å². The third kappa shape index (κ3) is 5.22. The van der Waals surface area contributed by atoms with Gasteiger partial charge < -0.3 is 15.3 Å². The second-order valence-electron chi connectivity index (χ2n) is 5.91. The van der Waals surface area contributed by atoms with Crippen LogP contribution in [-0.2, 0) is 9.53 Å². The molecule has 0 aliphatic heterocycles. The van der Waals surface area contributed by atoms with E-state index in [0.29, 0.717) is 10.6 Å². The van der Waals surface area contributed by atoms with E-state index in [9.17, 15) is 19.6 Å². The van der Waals surface area contributed by atoms with Crippen LogP contribution in [0.3, 0.4) is 0 Å². The Morgan fingerprint density at radius 3 is 2.58 bits per heavy atom. The first-order valence-corrected chi connectivity index (χ1v) is 7.92. The van der Waals surface area contributed by atoms with Crippen LogP contribution >= 0.6 is 0 Å². The molecule has 8 nitrogen and oxygen atoms in total. The Bertz CT molecular complexity index is 602. The van der Waals surface area contributed by atoms with Crippen molar-refractivity contribution >= 4 is 17.9 Å². The minimum absolute atomic E-state index is 0.0530. The Hall–Kier alpha value is -2.64. The van der Waals surface area contributed by atoms with E-state index in [2.05, 4.69) is 17.6 Å². The van der Waals surface area contributed by atoms with Crippen LogP contribution in [-0.4, -0.2) is 30.6 Å². The summed E-state index contributed by atoms with van der Waals surface area (Å²) in [5, 5.41) is 15.8. The van der Waals surface area contributed by atoms with Crippen molar-refractivity contribution in [2.75, 3.05) is 6.61 Å². The number of pyridine rings is 1. The first kappa shape index (κ1) is 17.7. The molecule has 2 N–H and O–H groups in total. The predicted molar refractivity (Wildman–Crippen MR) is 83.8 cm³/mol. The highest BCUT2D eigenvalue weighted by atomic mass is 16.5. The zero-order valence-corrected chi connectivity index (χ0v) is 13.5. The van der Waals surface area contributed by atoms with Gasteiger partial charge in [-0.15, -0.1) is 0 Å². The lowest BCUT2D eigenvalue weighted by atomic mass is 9.86. The van der Waals surface area contributed by atoms with Gasteiger partial charge in [0.1, 0.15) is 0 Å². The summed E-state index contributed by atoms with van der Waals surface area (Å²) in [5.74, 6) is -1.08. The Kier molecular flexibility index (Phi) is 6.11. The number of nitrogens with zero attached hydrogens (tertiary/aromatic N) is 1. The molecule has 0 radical (unpaired) electrons. The molecule has 2 rings (SSSR count). The van der Waals surface area contributed by atoms with Crippen molar-refractivity contribution in [2.45, 2.75) is 38.6 Å². The fourth-order valence-corrected chi connectivity index (χ4v) is 2.66. The van der Waals surface area contributed by atoms with E-state index >= 15 is 0 Å². The number of hydrogen-bond acceptors (Lipinski definition) is 5. The Morgan fingerprint density at radius 2 is 1.92 bits per heavy atom. The number of amides is 3. The van der Waals surface area contributed by atoms with Gasteiger partial charge in [0.2, 0.25) is 0 Å². The second kappa shape index (κ2) is 8.28. The van der Waals surface area contributed by atoms with Gasteiger partial charge in [0.25, 0.3) is 5.91 Å². The van der Waals surface area contributed by atoms with Crippen molar-refractivity contribution in [1.82, 2.24) is 10.6 Å². The highest BCUT2D eigenvalue weighted by Crippen LogP contribution is 2.23. The first-order chi connectivity index (χ1) is 11.5. The Balaban J connectivity index is 1.73. The van der Waals surface area contributed by atoms with E-state index < -0.39 is 24.5 Å². The Labute approximate surface area is 139 Å². The summed E-state index contributed by atoms with van der Waals surface area (Å²) >= 11 is 0. The normalized spacial score (nSPS) is 20.0. The Morgan fingerprint density at radius 1 is 1.25 bits per heavy atom. The molecule has 1 saturated carbocycles. The van der Waals surface area contributed by atoms with Gasteiger partial charge in [0, 0.05) is 18.2 Å². The molecule has 8 heteroatoms. The minimum atomic E-state index is -0.743. The van der Waals surface area contributed by atoms with Crippen LogP contribution in [0, 0.1) is 11.1 Å². The van der Waals surface area contributed by atoms with Gasteiger partial charge >= 0.3 is 12.0 Å². The number of hydrogen-bond donors (Lipinski definition) is 2. The molecule has 0 aromatic carbocycles. The summed E-state index contributed by atoms with van der Waals surface area (Å²) < 4.78 is 5.33. The van der Waals surface area contributed by atoms with Crippen molar-refractivity contribution in [3.63, 3.8) is 0 Å². The fourth-order valence-electron chi connectivity index (χ4n) is 2.66. The van der Waals surface area contributed by atoms with Crippen LogP contribution in [0.15, 0.2) is 24.5 Å². The molecule has 0 saturated heterocycles. The number of esters is 1. The zero-order valence-electron chi connectivity index (χ0n) is 13.5. The lowest BCUT2D eigenvalue weighted by Gasteiger charge is -2.29. The molecule has 2 atom stereocenters. The van der Waals surface area contributed by atoms with E-state index in [0.717, 1.165) is 38.1 Å². The van der Waals surface area contributed by atoms with Gasteiger partial charge in [-0.1, -0.05) is 19.8 Å². The molecule has 0 spiro atoms. The zero-order chi connectivity index (χ0) is 17.5. The van der Waals surface area contributed by atoms with E-state index in [1.807, 2.05) is 0 Å². The van der Waals surface area contributed by atoms with Crippen LogP contribution < -0.4 is 15.4 Å². The number of ether oxygens (including phenoxy) is 1. The van der Waals surface area contributed by atoms with Crippen LogP contribution in [0.1, 0.15) is 43.0 Å². The van der Waals surface area contributed by atoms with Gasteiger partial charge in [-0.2, -0.15) is 4.73 Å². The molecule has 1 aromatic heterocycles. The van der Waals surface area contributed by atoms with Crippen molar-refractivity contribution in [1.29, 1.82) is 0 Å². The number of urea groups is 1. The maximum absolute atomic E-state index is 11.8. The molecule has 1 aliphatic carbocycles. The summed E-state index contributed by atoms with van der Waals surface area (Å²) in [6.45, 7) is 1.50. The van der Waals surface area contributed by atoms with E-state index in [-0.39, 0.29) is 11.6 Å².